The van der Waals surface area contributed by atoms with Crippen molar-refractivity contribution in [2.45, 2.75) is 61.6 Å². The highest BCUT2D eigenvalue weighted by Crippen LogP contribution is 2.33. The molecule has 2 unspecified atom stereocenters. The second-order valence-electron chi connectivity index (χ2n) is 12.2. The fourth-order valence-corrected chi connectivity index (χ4v) is 7.98. The van der Waals surface area contributed by atoms with E-state index in [0.717, 1.165) is 104 Å². The second kappa shape index (κ2) is 19.7. The van der Waals surface area contributed by atoms with Crippen LogP contribution < -0.4 is 42.5 Å². The molecule has 4 rings (SSSR count). The number of β-amino-alcohol motifs (C(OH)–C–C–N with tert-alkyl or cyclic N) is 1. The number of nitrogens with zero attached hydrogens (tertiary/aromatic N) is 2. The molecule has 4 amide bonds. The number of fused-ring (bicyclic) bond motifs is 1. The summed E-state index contributed by atoms with van der Waals surface area (Å²) in [6.45, 7) is 11.5. The molecule has 0 aliphatic carbocycles. The molecule has 5 atom stereocenters. The maximum atomic E-state index is 13.1. The molecule has 0 aromatic rings. The van der Waals surface area contributed by atoms with Crippen LogP contribution in [0.3, 0.4) is 0 Å². The SMILES string of the molecule is O=C(CCCC[C@H]1SC[C@H]2NC(=O)N[C@H]21)NCCNC(=O)CC(C(O)CN1CCNCCNCC1)N1CCNCCNCC1. The van der Waals surface area contributed by atoms with Crippen molar-refractivity contribution in [2.75, 3.05) is 104 Å². The highest BCUT2D eigenvalue weighted by Gasteiger charge is 2.42. The van der Waals surface area contributed by atoms with Gasteiger partial charge in [-0.15, -0.1) is 0 Å². The topological polar surface area (TPSA) is 174 Å². The van der Waals surface area contributed by atoms with Crippen LogP contribution in [-0.2, 0) is 9.59 Å². The van der Waals surface area contributed by atoms with Crippen LogP contribution in [0.2, 0.25) is 0 Å². The van der Waals surface area contributed by atoms with Gasteiger partial charge in [-0.3, -0.25) is 19.4 Å². The third-order valence-electron chi connectivity index (χ3n) is 8.92. The fourth-order valence-electron chi connectivity index (χ4n) is 6.43. The summed E-state index contributed by atoms with van der Waals surface area (Å²) in [6.07, 6.45) is 2.72. The molecule has 44 heavy (non-hydrogen) atoms. The first-order chi connectivity index (χ1) is 21.5. The minimum Gasteiger partial charge on any atom is -0.390 e. The molecule has 0 bridgehead atoms. The number of nitrogens with one attached hydrogen (secondary N) is 8. The van der Waals surface area contributed by atoms with Crippen LogP contribution in [0.1, 0.15) is 32.1 Å². The van der Waals surface area contributed by atoms with E-state index in [0.29, 0.717) is 31.3 Å². The van der Waals surface area contributed by atoms with E-state index in [9.17, 15) is 19.5 Å². The number of thioether (sulfide) groups is 1. The van der Waals surface area contributed by atoms with E-state index in [-0.39, 0.29) is 42.4 Å². The number of amides is 4. The highest BCUT2D eigenvalue weighted by molar-refractivity contribution is 8.00. The van der Waals surface area contributed by atoms with Gasteiger partial charge in [0.05, 0.1) is 18.2 Å². The van der Waals surface area contributed by atoms with E-state index >= 15 is 0 Å². The van der Waals surface area contributed by atoms with E-state index < -0.39 is 6.10 Å². The minimum atomic E-state index is -0.670. The van der Waals surface area contributed by atoms with Crippen molar-refractivity contribution in [3.63, 3.8) is 0 Å². The van der Waals surface area contributed by atoms with Crippen molar-refractivity contribution in [1.29, 1.82) is 0 Å². The van der Waals surface area contributed by atoms with Gasteiger partial charge in [-0.2, -0.15) is 11.8 Å². The number of aliphatic hydroxyl groups is 1. The predicted molar refractivity (Wildman–Crippen MR) is 174 cm³/mol. The van der Waals surface area contributed by atoms with E-state index in [1.807, 2.05) is 11.8 Å². The molecule has 0 spiro atoms. The molecule has 15 heteroatoms. The summed E-state index contributed by atoms with van der Waals surface area (Å²) in [4.78, 5) is 41.5. The summed E-state index contributed by atoms with van der Waals surface area (Å²) in [5.41, 5.74) is 0. The monoisotopic (exact) mass is 640 g/mol. The number of rotatable bonds is 14. The van der Waals surface area contributed by atoms with Crippen LogP contribution in [0.25, 0.3) is 0 Å². The maximum absolute atomic E-state index is 13.1. The van der Waals surface area contributed by atoms with Crippen molar-refractivity contribution in [1.82, 2.24) is 52.3 Å². The molecule has 0 saturated carbocycles. The van der Waals surface area contributed by atoms with Gasteiger partial charge >= 0.3 is 6.03 Å². The zero-order chi connectivity index (χ0) is 31.0. The second-order valence-corrected chi connectivity index (χ2v) is 13.5. The Bertz CT molecular complexity index is 869. The Morgan fingerprint density at radius 3 is 2.11 bits per heavy atom. The molecule has 4 aliphatic heterocycles. The lowest BCUT2D eigenvalue weighted by atomic mass is 10.0. The van der Waals surface area contributed by atoms with E-state index in [1.54, 1.807) is 0 Å². The number of aliphatic hydroxyl groups excluding tert-OH is 1. The van der Waals surface area contributed by atoms with Gasteiger partial charge in [0.25, 0.3) is 0 Å². The van der Waals surface area contributed by atoms with Gasteiger partial charge in [-0.05, 0) is 12.8 Å². The number of unbranched alkanes of at least 4 members (excludes halogenated alkanes) is 1. The molecule has 252 valence electrons. The lowest BCUT2D eigenvalue weighted by Gasteiger charge is -2.36. The van der Waals surface area contributed by atoms with E-state index in [1.165, 1.54) is 0 Å². The van der Waals surface area contributed by atoms with Crippen LogP contribution in [0.4, 0.5) is 4.79 Å². The van der Waals surface area contributed by atoms with Crippen molar-refractivity contribution in [3.05, 3.63) is 0 Å². The summed E-state index contributed by atoms with van der Waals surface area (Å²) in [6, 6.07) is 0.0532. The molecule has 0 radical (unpaired) electrons. The fraction of sp³-hybridized carbons (Fsp3) is 0.897. The van der Waals surface area contributed by atoms with Crippen molar-refractivity contribution in [2.24, 2.45) is 0 Å². The number of carbonyl (C=O) groups excluding carboxylic acids is 3. The molecule has 4 fully saturated rings. The number of urea groups is 1. The summed E-state index contributed by atoms with van der Waals surface area (Å²) < 4.78 is 0. The largest absolute Gasteiger partial charge is 0.390 e. The third-order valence-corrected chi connectivity index (χ3v) is 10.4. The zero-order valence-electron chi connectivity index (χ0n) is 26.2. The van der Waals surface area contributed by atoms with Gasteiger partial charge < -0.3 is 47.6 Å². The lowest BCUT2D eigenvalue weighted by molar-refractivity contribution is -0.124. The first-order valence-corrected chi connectivity index (χ1v) is 17.7. The summed E-state index contributed by atoms with van der Waals surface area (Å²) in [5, 5.41) is 37.5. The smallest absolute Gasteiger partial charge is 0.315 e. The van der Waals surface area contributed by atoms with Gasteiger partial charge in [0.1, 0.15) is 0 Å². The average molecular weight is 641 g/mol. The lowest BCUT2D eigenvalue weighted by Crippen LogP contribution is -2.53. The molecule has 0 aromatic carbocycles. The molecule has 14 nitrogen and oxygen atoms in total. The first kappa shape index (κ1) is 35.1. The highest BCUT2D eigenvalue weighted by atomic mass is 32.2. The standard InChI is InChI=1S/C29H56N10O4S/c40-24(20-38-15-11-30-5-6-31-12-16-38)23(39-17-13-32-7-8-33-14-18-39)19-27(42)35-10-9-34-26(41)4-2-1-3-25-28-22(21-44-25)36-29(43)37-28/h22-25,28,30-33,40H,1-21H2,(H,34,41)(H,35,42)(H2,36,37,43)/t22-,23?,24?,25-,28-/m1/s1. The minimum absolute atomic E-state index is 0.00920. The quantitative estimate of drug-likeness (QED) is 0.0702. The molecule has 4 aliphatic rings. The van der Waals surface area contributed by atoms with Crippen molar-refractivity contribution in [3.8, 4) is 0 Å². The maximum Gasteiger partial charge on any atom is 0.315 e. The Labute approximate surface area is 266 Å². The van der Waals surface area contributed by atoms with Crippen LogP contribution in [-0.4, -0.2) is 166 Å². The predicted octanol–water partition coefficient (Wildman–Crippen LogP) is -2.95. The van der Waals surface area contributed by atoms with Crippen LogP contribution in [0, 0.1) is 0 Å². The Morgan fingerprint density at radius 2 is 1.45 bits per heavy atom. The van der Waals surface area contributed by atoms with Crippen molar-refractivity contribution >= 4 is 29.6 Å². The molecule has 4 saturated heterocycles. The number of hydrogen-bond acceptors (Lipinski definition) is 11. The Kier molecular flexibility index (Phi) is 15.7. The molecular formula is C29H56N10O4S. The van der Waals surface area contributed by atoms with Gasteiger partial charge in [0.15, 0.2) is 0 Å². The molecule has 0 aromatic heterocycles. The Morgan fingerprint density at radius 1 is 0.841 bits per heavy atom. The summed E-state index contributed by atoms with van der Waals surface area (Å²) in [7, 11) is 0. The van der Waals surface area contributed by atoms with Crippen LogP contribution in [0.15, 0.2) is 0 Å². The van der Waals surface area contributed by atoms with E-state index in [2.05, 4.69) is 52.3 Å². The average Bonchev–Trinajstić information content (AvgIpc) is 3.62. The first-order valence-electron chi connectivity index (χ1n) is 16.7. The molecule has 9 N–H and O–H groups in total. The Hall–Kier alpha value is -1.72. The van der Waals surface area contributed by atoms with Gasteiger partial charge in [-0.25, -0.2) is 4.79 Å². The van der Waals surface area contributed by atoms with Crippen molar-refractivity contribution < 1.29 is 19.5 Å². The van der Waals surface area contributed by atoms with Gasteiger partial charge in [-0.1, -0.05) is 6.42 Å². The normalized spacial score (nSPS) is 27.2. The molecular weight excluding hydrogens is 584 g/mol. The third kappa shape index (κ3) is 12.2. The van der Waals surface area contributed by atoms with Gasteiger partial charge in [0.2, 0.25) is 11.8 Å². The summed E-state index contributed by atoms with van der Waals surface area (Å²) >= 11 is 1.89. The van der Waals surface area contributed by atoms with Crippen LogP contribution in [0.5, 0.6) is 0 Å². The number of hydrogen-bond donors (Lipinski definition) is 9. The molecule has 4 heterocycles. The number of carbonyl (C=O) groups is 3. The van der Waals surface area contributed by atoms with Crippen LogP contribution >= 0.6 is 11.8 Å². The zero-order valence-corrected chi connectivity index (χ0v) is 27.0. The Balaban J connectivity index is 1.16. The van der Waals surface area contributed by atoms with E-state index in [4.69, 9.17) is 0 Å². The van der Waals surface area contributed by atoms with Gasteiger partial charge in [0, 0.05) is 128 Å². The summed E-state index contributed by atoms with van der Waals surface area (Å²) in [5.74, 6) is 0.822.